The summed E-state index contributed by atoms with van der Waals surface area (Å²) < 4.78 is 0. The van der Waals surface area contributed by atoms with Gasteiger partial charge in [-0.1, -0.05) is 5.92 Å². The molecule has 0 radical (unpaired) electrons. The maximum atomic E-state index is 9.49. The van der Waals surface area contributed by atoms with Crippen molar-refractivity contribution in [2.24, 2.45) is 5.92 Å². The lowest BCUT2D eigenvalue weighted by molar-refractivity contribution is -0.109. The lowest BCUT2D eigenvalue weighted by atomic mass is 9.65. The van der Waals surface area contributed by atoms with Gasteiger partial charge >= 0.3 is 0 Å². The van der Waals surface area contributed by atoms with Crippen LogP contribution in [0.1, 0.15) is 26.7 Å². The molecule has 11 heavy (non-hydrogen) atoms. The van der Waals surface area contributed by atoms with E-state index in [-0.39, 0.29) is 5.92 Å². The second-order valence-electron chi connectivity index (χ2n) is 3.93. The van der Waals surface area contributed by atoms with Crippen LogP contribution in [0.4, 0.5) is 0 Å². The maximum absolute atomic E-state index is 9.49. The third-order valence-electron chi connectivity index (χ3n) is 2.44. The minimum Gasteiger partial charge on any atom is -0.390 e. The lowest BCUT2D eigenvalue weighted by Gasteiger charge is -2.45. The highest BCUT2D eigenvalue weighted by atomic mass is 16.3. The van der Waals surface area contributed by atoms with Crippen molar-refractivity contribution in [3.8, 4) is 12.3 Å². The van der Waals surface area contributed by atoms with Crippen LogP contribution in [-0.4, -0.2) is 21.4 Å². The van der Waals surface area contributed by atoms with Gasteiger partial charge in [-0.25, -0.2) is 0 Å². The molecule has 1 fully saturated rings. The molecule has 62 valence electrons. The van der Waals surface area contributed by atoms with E-state index in [0.717, 1.165) is 0 Å². The Hall–Kier alpha value is -0.520. The van der Waals surface area contributed by atoms with Gasteiger partial charge in [0.25, 0.3) is 0 Å². The summed E-state index contributed by atoms with van der Waals surface area (Å²) in [5.41, 5.74) is -1.65. The average Bonchev–Trinajstić information content (AvgIpc) is 1.78. The van der Waals surface area contributed by atoms with E-state index in [0.29, 0.717) is 12.8 Å². The normalized spacial score (nSPS) is 37.5. The predicted octanol–water partition coefficient (Wildman–Crippen LogP) is 0.532. The first kappa shape index (κ1) is 8.58. The molecular weight excluding hydrogens is 140 g/mol. The van der Waals surface area contributed by atoms with Crippen molar-refractivity contribution in [2.45, 2.75) is 37.9 Å². The van der Waals surface area contributed by atoms with Gasteiger partial charge in [-0.2, -0.15) is 0 Å². The average molecular weight is 154 g/mol. The zero-order valence-electron chi connectivity index (χ0n) is 6.96. The van der Waals surface area contributed by atoms with Crippen molar-refractivity contribution in [1.29, 1.82) is 0 Å². The van der Waals surface area contributed by atoms with Crippen LogP contribution in [-0.2, 0) is 0 Å². The van der Waals surface area contributed by atoms with Crippen LogP contribution in [0.25, 0.3) is 0 Å². The van der Waals surface area contributed by atoms with E-state index in [1.807, 2.05) is 0 Å². The molecule has 1 rings (SSSR count). The number of terminal acetylenes is 1. The van der Waals surface area contributed by atoms with Gasteiger partial charge in [0.05, 0.1) is 5.60 Å². The second-order valence-corrected chi connectivity index (χ2v) is 3.93. The minimum atomic E-state index is -0.940. The van der Waals surface area contributed by atoms with Crippen molar-refractivity contribution < 1.29 is 10.2 Å². The monoisotopic (exact) mass is 154 g/mol. The van der Waals surface area contributed by atoms with Gasteiger partial charge < -0.3 is 10.2 Å². The summed E-state index contributed by atoms with van der Waals surface area (Å²) in [5, 5.41) is 18.9. The number of hydrogen-bond donors (Lipinski definition) is 2. The van der Waals surface area contributed by atoms with Gasteiger partial charge in [-0.05, 0) is 32.6 Å². The summed E-state index contributed by atoms with van der Waals surface area (Å²) >= 11 is 0. The van der Waals surface area contributed by atoms with E-state index < -0.39 is 11.2 Å². The molecule has 0 aromatic rings. The van der Waals surface area contributed by atoms with Crippen LogP contribution in [0.3, 0.4) is 0 Å². The zero-order chi connectivity index (χ0) is 8.70. The van der Waals surface area contributed by atoms with E-state index >= 15 is 0 Å². The summed E-state index contributed by atoms with van der Waals surface area (Å²) in [6.45, 7) is 3.49. The molecule has 2 nitrogen and oxygen atoms in total. The molecule has 0 aromatic heterocycles. The molecule has 0 unspecified atom stereocenters. The fourth-order valence-corrected chi connectivity index (χ4v) is 1.37. The summed E-state index contributed by atoms with van der Waals surface area (Å²) in [6, 6.07) is 0. The molecule has 2 N–H and O–H groups in total. The lowest BCUT2D eigenvalue weighted by Crippen LogP contribution is -2.51. The van der Waals surface area contributed by atoms with E-state index in [9.17, 15) is 10.2 Å². The van der Waals surface area contributed by atoms with E-state index in [1.165, 1.54) is 0 Å². The van der Waals surface area contributed by atoms with Crippen LogP contribution < -0.4 is 0 Å². The maximum Gasteiger partial charge on any atom is 0.126 e. The third kappa shape index (κ3) is 1.55. The van der Waals surface area contributed by atoms with Gasteiger partial charge in [0.2, 0.25) is 0 Å². The molecule has 0 atom stereocenters. The van der Waals surface area contributed by atoms with E-state index in [2.05, 4.69) is 5.92 Å². The largest absolute Gasteiger partial charge is 0.390 e. The zero-order valence-corrected chi connectivity index (χ0v) is 6.96. The number of hydrogen-bond acceptors (Lipinski definition) is 2. The van der Waals surface area contributed by atoms with Crippen LogP contribution in [0.15, 0.2) is 0 Å². The summed E-state index contributed by atoms with van der Waals surface area (Å²) in [6.07, 6.45) is 6.13. The fourth-order valence-electron chi connectivity index (χ4n) is 1.37. The molecule has 0 amide bonds. The van der Waals surface area contributed by atoms with Crippen molar-refractivity contribution >= 4 is 0 Å². The van der Waals surface area contributed by atoms with Crippen molar-refractivity contribution in [3.05, 3.63) is 0 Å². The van der Waals surface area contributed by atoms with Crippen LogP contribution in [0.5, 0.6) is 0 Å². The quantitative estimate of drug-likeness (QED) is 0.541. The molecule has 1 aliphatic rings. The number of aliphatic hydroxyl groups is 2. The van der Waals surface area contributed by atoms with E-state index in [1.54, 1.807) is 13.8 Å². The highest BCUT2D eigenvalue weighted by Crippen LogP contribution is 2.43. The Morgan fingerprint density at radius 1 is 1.55 bits per heavy atom. The first-order valence-electron chi connectivity index (χ1n) is 3.80. The Morgan fingerprint density at radius 2 is 2.00 bits per heavy atom. The van der Waals surface area contributed by atoms with E-state index in [4.69, 9.17) is 6.42 Å². The van der Waals surface area contributed by atoms with Gasteiger partial charge in [0.15, 0.2) is 0 Å². The topological polar surface area (TPSA) is 40.5 Å². The highest BCUT2D eigenvalue weighted by Gasteiger charge is 2.47. The molecule has 1 saturated carbocycles. The van der Waals surface area contributed by atoms with Crippen LogP contribution in [0.2, 0.25) is 0 Å². The van der Waals surface area contributed by atoms with Crippen molar-refractivity contribution in [3.63, 3.8) is 0 Å². The van der Waals surface area contributed by atoms with Gasteiger partial charge in [0, 0.05) is 0 Å². The molecule has 1 aliphatic carbocycles. The molecule has 0 saturated heterocycles. The Kier molecular flexibility index (Phi) is 1.74. The molecular formula is C9H14O2. The fraction of sp³-hybridized carbons (Fsp3) is 0.778. The number of rotatable bonds is 1. The molecule has 0 heterocycles. The summed E-state index contributed by atoms with van der Waals surface area (Å²) in [5.74, 6) is 2.47. The smallest absolute Gasteiger partial charge is 0.126 e. The van der Waals surface area contributed by atoms with Crippen LogP contribution in [0, 0.1) is 18.3 Å². The summed E-state index contributed by atoms with van der Waals surface area (Å²) in [7, 11) is 0. The SMILES string of the molecule is C#CC1(O)CC(C(C)(C)O)C1. The van der Waals surface area contributed by atoms with Gasteiger partial charge in [-0.15, -0.1) is 6.42 Å². The molecule has 0 spiro atoms. The predicted molar refractivity (Wildman–Crippen MR) is 42.8 cm³/mol. The van der Waals surface area contributed by atoms with Crippen LogP contribution >= 0.6 is 0 Å². The van der Waals surface area contributed by atoms with Gasteiger partial charge in [0.1, 0.15) is 5.60 Å². The first-order chi connectivity index (χ1) is 4.87. The molecule has 0 aliphatic heterocycles. The standard InChI is InChI=1S/C9H14O2/c1-4-9(11)5-7(6-9)8(2,3)10/h1,7,10-11H,5-6H2,2-3H3. The Morgan fingerprint density at radius 3 is 2.27 bits per heavy atom. The Labute approximate surface area is 67.2 Å². The Balaban J connectivity index is 2.49. The molecule has 0 aromatic carbocycles. The Bertz CT molecular complexity index is 189. The third-order valence-corrected chi connectivity index (χ3v) is 2.44. The highest BCUT2D eigenvalue weighted by molar-refractivity contribution is 5.16. The van der Waals surface area contributed by atoms with Crippen molar-refractivity contribution in [1.82, 2.24) is 0 Å². The first-order valence-corrected chi connectivity index (χ1v) is 3.80. The molecule has 0 bridgehead atoms. The summed E-state index contributed by atoms with van der Waals surface area (Å²) in [4.78, 5) is 0. The molecule has 2 heteroatoms. The second kappa shape index (κ2) is 2.23. The van der Waals surface area contributed by atoms with Gasteiger partial charge in [-0.3, -0.25) is 0 Å². The van der Waals surface area contributed by atoms with Crippen molar-refractivity contribution in [2.75, 3.05) is 0 Å². The minimum absolute atomic E-state index is 0.142.